The molecule has 5 nitrogen and oxygen atoms in total. The molecule has 2 rings (SSSR count). The number of imidazole rings is 1. The van der Waals surface area contributed by atoms with Crippen LogP contribution in [0.2, 0.25) is 0 Å². The second kappa shape index (κ2) is 4.11. The lowest BCUT2D eigenvalue weighted by molar-refractivity contribution is 0.0816. The summed E-state index contributed by atoms with van der Waals surface area (Å²) in [7, 11) is 0. The van der Waals surface area contributed by atoms with Gasteiger partial charge in [0.1, 0.15) is 11.3 Å². The summed E-state index contributed by atoms with van der Waals surface area (Å²) in [5.41, 5.74) is 8.06. The first-order valence-electron chi connectivity index (χ1n) is 5.13. The molecule has 0 aliphatic carbocycles. The molecule has 0 amide bonds. The first-order valence-corrected chi connectivity index (χ1v) is 5.13. The molecule has 0 saturated carbocycles. The number of aliphatic hydroxyl groups excluding tert-OH is 2. The number of nitrogens with two attached hydrogens (primary N) is 1. The van der Waals surface area contributed by atoms with Crippen LogP contribution >= 0.6 is 0 Å². The lowest BCUT2D eigenvalue weighted by Gasteiger charge is -2.10. The lowest BCUT2D eigenvalue weighted by atomic mass is 10.2. The van der Waals surface area contributed by atoms with E-state index in [0.29, 0.717) is 12.2 Å². The van der Waals surface area contributed by atoms with E-state index in [2.05, 4.69) is 4.98 Å². The molecule has 1 aromatic carbocycles. The molecule has 2 aromatic rings. The number of anilines is 1. The number of rotatable bonds is 3. The second-order valence-corrected chi connectivity index (χ2v) is 3.82. The minimum absolute atomic E-state index is 0.262. The Morgan fingerprint density at radius 1 is 1.50 bits per heavy atom. The van der Waals surface area contributed by atoms with Crippen LogP contribution in [0.15, 0.2) is 18.2 Å². The van der Waals surface area contributed by atoms with E-state index >= 15 is 0 Å². The summed E-state index contributed by atoms with van der Waals surface area (Å²) >= 11 is 0. The molecular weight excluding hydrogens is 206 g/mol. The van der Waals surface area contributed by atoms with Gasteiger partial charge in [-0.2, -0.15) is 0 Å². The van der Waals surface area contributed by atoms with Crippen molar-refractivity contribution in [1.29, 1.82) is 0 Å². The van der Waals surface area contributed by atoms with Gasteiger partial charge >= 0.3 is 0 Å². The third-order valence-corrected chi connectivity index (χ3v) is 2.61. The van der Waals surface area contributed by atoms with E-state index in [1.54, 1.807) is 6.07 Å². The van der Waals surface area contributed by atoms with Gasteiger partial charge in [0.15, 0.2) is 0 Å². The van der Waals surface area contributed by atoms with E-state index in [1.165, 1.54) is 0 Å². The van der Waals surface area contributed by atoms with Crippen molar-refractivity contribution in [2.24, 2.45) is 0 Å². The molecule has 86 valence electrons. The number of fused-ring (bicyclic) bond motifs is 1. The van der Waals surface area contributed by atoms with Gasteiger partial charge in [0.05, 0.1) is 30.5 Å². The average molecular weight is 221 g/mol. The highest BCUT2D eigenvalue weighted by Gasteiger charge is 2.12. The molecule has 0 aliphatic heterocycles. The lowest BCUT2D eigenvalue weighted by Crippen LogP contribution is -2.20. The van der Waals surface area contributed by atoms with Gasteiger partial charge in [0.2, 0.25) is 0 Å². The van der Waals surface area contributed by atoms with Crippen LogP contribution in [0.3, 0.4) is 0 Å². The maximum absolute atomic E-state index is 9.45. The number of aliphatic hydroxyl groups is 2. The van der Waals surface area contributed by atoms with Crippen molar-refractivity contribution in [3.8, 4) is 0 Å². The molecule has 1 heterocycles. The van der Waals surface area contributed by atoms with E-state index in [9.17, 15) is 5.11 Å². The van der Waals surface area contributed by atoms with Gasteiger partial charge in [-0.1, -0.05) is 6.07 Å². The Labute approximate surface area is 93.1 Å². The molecule has 5 heteroatoms. The molecule has 0 fully saturated rings. The predicted molar refractivity (Wildman–Crippen MR) is 62.0 cm³/mol. The van der Waals surface area contributed by atoms with Gasteiger partial charge in [-0.25, -0.2) is 4.98 Å². The van der Waals surface area contributed by atoms with Gasteiger partial charge in [-0.05, 0) is 19.1 Å². The minimum atomic E-state index is -0.780. The molecule has 0 saturated heterocycles. The molecule has 0 aliphatic rings. The normalized spacial score (nSPS) is 13.2. The third kappa shape index (κ3) is 1.75. The van der Waals surface area contributed by atoms with E-state index in [-0.39, 0.29) is 6.61 Å². The Kier molecular flexibility index (Phi) is 2.80. The standard InChI is InChI=1S/C11H15N3O2/c1-7-13-11-9(12)3-2-4-10(11)14(7)5-8(16)6-15/h2-4,8,15-16H,5-6,12H2,1H3. The number of aryl methyl sites for hydroxylation is 1. The minimum Gasteiger partial charge on any atom is -0.397 e. The molecule has 1 aromatic heterocycles. The number of nitrogens with zero attached hydrogens (tertiary/aromatic N) is 2. The van der Waals surface area contributed by atoms with Crippen molar-refractivity contribution in [2.45, 2.75) is 19.6 Å². The Hall–Kier alpha value is -1.59. The number of benzene rings is 1. The predicted octanol–water partition coefficient (Wildman–Crippen LogP) is 0.280. The highest BCUT2D eigenvalue weighted by molar-refractivity contribution is 5.87. The van der Waals surface area contributed by atoms with E-state index in [4.69, 9.17) is 10.8 Å². The molecular formula is C11H15N3O2. The van der Waals surface area contributed by atoms with E-state index in [0.717, 1.165) is 16.9 Å². The SMILES string of the molecule is Cc1nc2c(N)cccc2n1CC(O)CO. The summed E-state index contributed by atoms with van der Waals surface area (Å²) < 4.78 is 1.85. The topological polar surface area (TPSA) is 84.3 Å². The van der Waals surface area contributed by atoms with Crippen molar-refractivity contribution < 1.29 is 10.2 Å². The maximum atomic E-state index is 9.45. The van der Waals surface area contributed by atoms with Crippen LogP contribution in [-0.2, 0) is 6.54 Å². The monoisotopic (exact) mass is 221 g/mol. The van der Waals surface area contributed by atoms with Crippen LogP contribution in [0.5, 0.6) is 0 Å². The summed E-state index contributed by atoms with van der Waals surface area (Å²) in [5, 5.41) is 18.3. The number of hydrogen-bond acceptors (Lipinski definition) is 4. The van der Waals surface area contributed by atoms with E-state index < -0.39 is 6.10 Å². The number of para-hydroxylation sites is 1. The van der Waals surface area contributed by atoms with Crippen molar-refractivity contribution in [3.05, 3.63) is 24.0 Å². The summed E-state index contributed by atoms with van der Waals surface area (Å²) in [6, 6.07) is 5.54. The molecule has 0 radical (unpaired) electrons. The molecule has 1 unspecified atom stereocenters. The van der Waals surface area contributed by atoms with Gasteiger partial charge in [-0.3, -0.25) is 0 Å². The van der Waals surface area contributed by atoms with E-state index in [1.807, 2.05) is 23.6 Å². The average Bonchev–Trinajstić information content (AvgIpc) is 2.58. The molecule has 0 bridgehead atoms. The Morgan fingerprint density at radius 3 is 2.94 bits per heavy atom. The van der Waals surface area contributed by atoms with Gasteiger partial charge in [0.25, 0.3) is 0 Å². The van der Waals surface area contributed by atoms with Gasteiger partial charge in [0, 0.05) is 0 Å². The summed E-state index contributed by atoms with van der Waals surface area (Å²) in [5.74, 6) is 0.778. The largest absolute Gasteiger partial charge is 0.397 e. The summed E-state index contributed by atoms with van der Waals surface area (Å²) in [4.78, 5) is 4.35. The fourth-order valence-corrected chi connectivity index (χ4v) is 1.78. The zero-order valence-corrected chi connectivity index (χ0v) is 9.09. The third-order valence-electron chi connectivity index (χ3n) is 2.61. The van der Waals surface area contributed by atoms with Crippen LogP contribution in [0.1, 0.15) is 5.82 Å². The van der Waals surface area contributed by atoms with Crippen molar-refractivity contribution in [3.63, 3.8) is 0 Å². The fourth-order valence-electron chi connectivity index (χ4n) is 1.78. The van der Waals surface area contributed by atoms with Crippen molar-refractivity contribution in [2.75, 3.05) is 12.3 Å². The van der Waals surface area contributed by atoms with Crippen LogP contribution in [-0.4, -0.2) is 32.5 Å². The fraction of sp³-hybridized carbons (Fsp3) is 0.364. The highest BCUT2D eigenvalue weighted by Crippen LogP contribution is 2.21. The zero-order valence-electron chi connectivity index (χ0n) is 9.09. The first kappa shape index (κ1) is 10.9. The second-order valence-electron chi connectivity index (χ2n) is 3.82. The first-order chi connectivity index (χ1) is 7.63. The molecule has 0 spiro atoms. The number of aromatic nitrogens is 2. The number of nitrogen functional groups attached to an aromatic ring is 1. The van der Waals surface area contributed by atoms with Crippen LogP contribution < -0.4 is 5.73 Å². The Bertz CT molecular complexity index is 507. The molecule has 4 N–H and O–H groups in total. The maximum Gasteiger partial charge on any atom is 0.112 e. The Balaban J connectivity index is 2.52. The molecule has 1 atom stereocenters. The highest BCUT2D eigenvalue weighted by atomic mass is 16.3. The zero-order chi connectivity index (χ0) is 11.7. The van der Waals surface area contributed by atoms with Gasteiger partial charge < -0.3 is 20.5 Å². The van der Waals surface area contributed by atoms with Crippen molar-refractivity contribution >= 4 is 16.7 Å². The van der Waals surface area contributed by atoms with Crippen molar-refractivity contribution in [1.82, 2.24) is 9.55 Å². The summed E-state index contributed by atoms with van der Waals surface area (Å²) in [6.45, 7) is 1.91. The number of hydrogen-bond donors (Lipinski definition) is 3. The van der Waals surface area contributed by atoms with Gasteiger partial charge in [-0.15, -0.1) is 0 Å². The Morgan fingerprint density at radius 2 is 2.25 bits per heavy atom. The summed E-state index contributed by atoms with van der Waals surface area (Å²) in [6.07, 6.45) is -0.780. The smallest absolute Gasteiger partial charge is 0.112 e. The van der Waals surface area contributed by atoms with Crippen LogP contribution in [0.4, 0.5) is 5.69 Å². The quantitative estimate of drug-likeness (QED) is 0.650. The van der Waals surface area contributed by atoms with Crippen LogP contribution in [0, 0.1) is 6.92 Å². The van der Waals surface area contributed by atoms with Crippen LogP contribution in [0.25, 0.3) is 11.0 Å². The molecule has 16 heavy (non-hydrogen) atoms.